The molecule has 2 nitrogen and oxygen atoms in total. The van der Waals surface area contributed by atoms with Gasteiger partial charge in [0.05, 0.1) is 0 Å². The Morgan fingerprint density at radius 2 is 0.922 bits per heavy atom. The van der Waals surface area contributed by atoms with Gasteiger partial charge in [-0.3, -0.25) is 0 Å². The van der Waals surface area contributed by atoms with E-state index in [4.69, 9.17) is 4.42 Å². The van der Waals surface area contributed by atoms with Crippen LogP contribution >= 0.6 is 11.3 Å². The maximum Gasteiger partial charge on any atom is 0.135 e. The average molecular weight is 670 g/mol. The van der Waals surface area contributed by atoms with Gasteiger partial charge in [0.25, 0.3) is 0 Å². The van der Waals surface area contributed by atoms with E-state index in [2.05, 4.69) is 181 Å². The van der Waals surface area contributed by atoms with E-state index in [1.54, 1.807) is 0 Å². The Hall–Kier alpha value is -6.42. The molecule has 0 N–H and O–H groups in total. The first kappa shape index (κ1) is 29.5. The van der Waals surface area contributed by atoms with Crippen molar-refractivity contribution >= 4 is 70.5 Å². The van der Waals surface area contributed by atoms with Crippen LogP contribution in [-0.2, 0) is 0 Å². The van der Waals surface area contributed by atoms with Gasteiger partial charge >= 0.3 is 0 Å². The minimum atomic E-state index is 0.912. The van der Waals surface area contributed by atoms with Crippen LogP contribution in [0.1, 0.15) is 0 Å². The Labute approximate surface area is 300 Å². The molecule has 0 aliphatic heterocycles. The van der Waals surface area contributed by atoms with E-state index in [9.17, 15) is 0 Å². The minimum absolute atomic E-state index is 0.912. The van der Waals surface area contributed by atoms with Gasteiger partial charge in [0, 0.05) is 53.6 Å². The van der Waals surface area contributed by atoms with Gasteiger partial charge in [-0.2, -0.15) is 0 Å². The molecular formula is C48H31NOS. The van der Waals surface area contributed by atoms with Gasteiger partial charge < -0.3 is 9.32 Å². The molecule has 3 heteroatoms. The van der Waals surface area contributed by atoms with Gasteiger partial charge in [0.1, 0.15) is 11.2 Å². The van der Waals surface area contributed by atoms with Crippen LogP contribution in [0.2, 0.25) is 0 Å². The number of thiophene rings is 1. The lowest BCUT2D eigenvalue weighted by Crippen LogP contribution is -2.09. The predicted molar refractivity (Wildman–Crippen MR) is 218 cm³/mol. The van der Waals surface area contributed by atoms with Crippen molar-refractivity contribution < 1.29 is 4.42 Å². The van der Waals surface area contributed by atoms with Crippen LogP contribution in [0, 0.1) is 0 Å². The molecule has 0 aliphatic rings. The standard InChI is InChI=1S/C48H31NOS/c1-2-11-35(12-3-1)49(36-26-21-32(22-27-36)34-25-30-46-44(31-34)40-15-6-8-19-45(40)50-46)37-28-23-33(24-29-37)38-13-4-5-14-39(38)42-17-10-18-43-41-16-7-9-20-47(41)51-48(42)43/h1-31H. The van der Waals surface area contributed by atoms with Crippen molar-refractivity contribution in [2.45, 2.75) is 0 Å². The van der Waals surface area contributed by atoms with E-state index in [0.29, 0.717) is 0 Å². The molecule has 240 valence electrons. The summed E-state index contributed by atoms with van der Waals surface area (Å²) in [5, 5.41) is 4.92. The number of furan rings is 1. The smallest absolute Gasteiger partial charge is 0.135 e. The van der Waals surface area contributed by atoms with Crippen LogP contribution in [-0.4, -0.2) is 0 Å². The molecule has 10 aromatic rings. The molecule has 0 saturated heterocycles. The number of nitrogens with zero attached hydrogens (tertiary/aromatic N) is 1. The maximum absolute atomic E-state index is 6.08. The molecule has 2 heterocycles. The highest BCUT2D eigenvalue weighted by molar-refractivity contribution is 7.26. The summed E-state index contributed by atoms with van der Waals surface area (Å²) >= 11 is 1.88. The first-order valence-electron chi connectivity index (χ1n) is 17.3. The summed E-state index contributed by atoms with van der Waals surface area (Å²) in [4.78, 5) is 2.32. The highest BCUT2D eigenvalue weighted by Gasteiger charge is 2.16. The minimum Gasteiger partial charge on any atom is -0.456 e. The van der Waals surface area contributed by atoms with E-state index in [0.717, 1.165) is 39.0 Å². The molecule has 0 amide bonds. The molecule has 51 heavy (non-hydrogen) atoms. The second kappa shape index (κ2) is 12.2. The van der Waals surface area contributed by atoms with E-state index < -0.39 is 0 Å². The molecule has 0 spiro atoms. The molecule has 0 radical (unpaired) electrons. The summed E-state index contributed by atoms with van der Waals surface area (Å²) in [7, 11) is 0. The molecular weight excluding hydrogens is 639 g/mol. The van der Waals surface area contributed by atoms with Crippen molar-refractivity contribution in [1.82, 2.24) is 0 Å². The number of rotatable bonds is 6. The van der Waals surface area contributed by atoms with E-state index in [-0.39, 0.29) is 0 Å². The quantitative estimate of drug-likeness (QED) is 0.175. The second-order valence-electron chi connectivity index (χ2n) is 12.9. The lowest BCUT2D eigenvalue weighted by atomic mass is 9.93. The highest BCUT2D eigenvalue weighted by Crippen LogP contribution is 2.43. The first-order valence-corrected chi connectivity index (χ1v) is 18.1. The fraction of sp³-hybridized carbons (Fsp3) is 0. The molecule has 10 rings (SSSR count). The van der Waals surface area contributed by atoms with Crippen LogP contribution < -0.4 is 4.90 Å². The Balaban J connectivity index is 1.02. The molecule has 0 aliphatic carbocycles. The monoisotopic (exact) mass is 669 g/mol. The normalized spacial score (nSPS) is 11.5. The molecule has 0 saturated carbocycles. The van der Waals surface area contributed by atoms with Crippen LogP contribution in [0.25, 0.3) is 75.5 Å². The Morgan fingerprint density at radius 1 is 0.353 bits per heavy atom. The first-order chi connectivity index (χ1) is 25.3. The lowest BCUT2D eigenvalue weighted by Gasteiger charge is -2.26. The van der Waals surface area contributed by atoms with Gasteiger partial charge in [0.15, 0.2) is 0 Å². The summed E-state index contributed by atoms with van der Waals surface area (Å²) in [6.07, 6.45) is 0. The topological polar surface area (TPSA) is 16.4 Å². The predicted octanol–water partition coefficient (Wildman–Crippen LogP) is 14.4. The maximum atomic E-state index is 6.08. The average Bonchev–Trinajstić information content (AvgIpc) is 3.77. The number of benzene rings is 8. The highest BCUT2D eigenvalue weighted by atomic mass is 32.1. The van der Waals surface area contributed by atoms with Gasteiger partial charge in [-0.15, -0.1) is 11.3 Å². The van der Waals surface area contributed by atoms with Crippen molar-refractivity contribution in [2.24, 2.45) is 0 Å². The largest absolute Gasteiger partial charge is 0.456 e. The zero-order valence-corrected chi connectivity index (χ0v) is 28.5. The second-order valence-corrected chi connectivity index (χ2v) is 14.0. The van der Waals surface area contributed by atoms with Crippen molar-refractivity contribution in [3.05, 3.63) is 188 Å². The zero-order chi connectivity index (χ0) is 33.7. The number of hydrogen-bond acceptors (Lipinski definition) is 3. The third-order valence-corrected chi connectivity index (χ3v) is 11.1. The van der Waals surface area contributed by atoms with Gasteiger partial charge in [0.2, 0.25) is 0 Å². The van der Waals surface area contributed by atoms with Gasteiger partial charge in [-0.05, 0) is 88.5 Å². The Morgan fingerprint density at radius 3 is 1.73 bits per heavy atom. The Bertz CT molecular complexity index is 2850. The van der Waals surface area contributed by atoms with Gasteiger partial charge in [-0.1, -0.05) is 127 Å². The summed E-state index contributed by atoms with van der Waals surface area (Å²) in [6.45, 7) is 0. The summed E-state index contributed by atoms with van der Waals surface area (Å²) in [6, 6.07) is 67.4. The van der Waals surface area contributed by atoms with Gasteiger partial charge in [-0.25, -0.2) is 0 Å². The molecule has 0 fully saturated rings. The number of para-hydroxylation sites is 2. The van der Waals surface area contributed by atoms with Crippen molar-refractivity contribution in [1.29, 1.82) is 0 Å². The molecule has 0 bridgehead atoms. The molecule has 0 atom stereocenters. The molecule has 2 aromatic heterocycles. The van der Waals surface area contributed by atoms with E-state index in [1.165, 1.54) is 53.6 Å². The summed E-state index contributed by atoms with van der Waals surface area (Å²) in [5.41, 5.74) is 12.4. The number of anilines is 3. The van der Waals surface area contributed by atoms with Crippen molar-refractivity contribution in [3.8, 4) is 33.4 Å². The van der Waals surface area contributed by atoms with Crippen molar-refractivity contribution in [3.63, 3.8) is 0 Å². The summed E-state index contributed by atoms with van der Waals surface area (Å²) in [5.74, 6) is 0. The fourth-order valence-corrected chi connectivity index (χ4v) is 8.68. The molecule has 0 unspecified atom stereocenters. The number of hydrogen-bond donors (Lipinski definition) is 0. The van der Waals surface area contributed by atoms with E-state index in [1.807, 2.05) is 23.5 Å². The molecule has 8 aromatic carbocycles. The van der Waals surface area contributed by atoms with Crippen LogP contribution in [0.4, 0.5) is 17.1 Å². The SMILES string of the molecule is c1ccc(N(c2ccc(-c3ccc4oc5ccccc5c4c3)cc2)c2ccc(-c3ccccc3-c3cccc4c3sc3ccccc34)cc2)cc1. The van der Waals surface area contributed by atoms with Crippen LogP contribution in [0.3, 0.4) is 0 Å². The third-order valence-electron chi connectivity index (χ3n) is 9.91. The summed E-state index contributed by atoms with van der Waals surface area (Å²) < 4.78 is 8.73. The lowest BCUT2D eigenvalue weighted by molar-refractivity contribution is 0.669. The zero-order valence-electron chi connectivity index (χ0n) is 27.7. The Kier molecular flexibility index (Phi) is 7.04. The third kappa shape index (κ3) is 5.10. The van der Waals surface area contributed by atoms with Crippen molar-refractivity contribution in [2.75, 3.05) is 4.90 Å². The van der Waals surface area contributed by atoms with E-state index >= 15 is 0 Å². The van der Waals surface area contributed by atoms with Crippen LogP contribution in [0.5, 0.6) is 0 Å². The number of fused-ring (bicyclic) bond motifs is 6. The van der Waals surface area contributed by atoms with Crippen LogP contribution in [0.15, 0.2) is 192 Å². The fourth-order valence-electron chi connectivity index (χ4n) is 7.45.